The molecule has 106 valence electrons. The third-order valence-corrected chi connectivity index (χ3v) is 4.47. The second-order valence-corrected chi connectivity index (χ2v) is 7.13. The molecule has 0 heterocycles. The Hall–Kier alpha value is -1.25. The van der Waals surface area contributed by atoms with Crippen LogP contribution < -0.4 is 5.73 Å². The Kier molecular flexibility index (Phi) is 4.90. The molecule has 20 heavy (non-hydrogen) atoms. The zero-order chi connectivity index (χ0) is 14.6. The van der Waals surface area contributed by atoms with Crippen LogP contribution in [0, 0.1) is 0 Å². The van der Waals surface area contributed by atoms with E-state index in [1.807, 2.05) is 11.8 Å². The van der Waals surface area contributed by atoms with Gasteiger partial charge in [0, 0.05) is 17.2 Å². The van der Waals surface area contributed by atoms with Gasteiger partial charge < -0.3 is 5.73 Å². The van der Waals surface area contributed by atoms with E-state index in [0.717, 1.165) is 5.75 Å². The third-order valence-electron chi connectivity index (χ3n) is 3.38. The summed E-state index contributed by atoms with van der Waals surface area (Å²) in [6.07, 6.45) is 0. The number of rotatable bonds is 4. The number of thioether (sulfide) groups is 1. The number of benzene rings is 2. The van der Waals surface area contributed by atoms with Crippen molar-refractivity contribution in [2.75, 3.05) is 0 Å². The normalized spacial score (nSPS) is 11.6. The Morgan fingerprint density at radius 3 is 1.90 bits per heavy atom. The van der Waals surface area contributed by atoms with Crippen molar-refractivity contribution in [2.45, 2.75) is 43.4 Å². The van der Waals surface area contributed by atoms with Gasteiger partial charge in [-0.3, -0.25) is 0 Å². The summed E-state index contributed by atoms with van der Waals surface area (Å²) < 4.78 is 0. The highest BCUT2D eigenvalue weighted by molar-refractivity contribution is 7.98. The second kappa shape index (κ2) is 6.47. The Balaban J connectivity index is 1.96. The SMILES string of the molecule is CC(C)(C)c1ccc(CSc2ccc(CN)cc2)cc1. The average Bonchev–Trinajstić information content (AvgIpc) is 2.45. The minimum atomic E-state index is 0.226. The summed E-state index contributed by atoms with van der Waals surface area (Å²) in [4.78, 5) is 1.29. The standard InChI is InChI=1S/C18H23NS/c1-18(2,3)16-8-4-15(5-9-16)13-20-17-10-6-14(12-19)7-11-17/h4-11H,12-13,19H2,1-3H3. The van der Waals surface area contributed by atoms with Crippen molar-refractivity contribution in [2.24, 2.45) is 5.73 Å². The smallest absolute Gasteiger partial charge is 0.0231 e. The van der Waals surface area contributed by atoms with Crippen LogP contribution in [0.25, 0.3) is 0 Å². The first-order valence-corrected chi connectivity index (χ1v) is 7.99. The largest absolute Gasteiger partial charge is 0.326 e. The molecule has 0 radical (unpaired) electrons. The molecule has 0 saturated heterocycles. The molecule has 2 heteroatoms. The lowest BCUT2D eigenvalue weighted by Gasteiger charge is -2.19. The van der Waals surface area contributed by atoms with Crippen molar-refractivity contribution < 1.29 is 0 Å². The number of nitrogens with two attached hydrogens (primary N) is 1. The molecule has 1 nitrogen and oxygen atoms in total. The third kappa shape index (κ3) is 4.12. The molecule has 0 atom stereocenters. The zero-order valence-electron chi connectivity index (χ0n) is 12.5. The zero-order valence-corrected chi connectivity index (χ0v) is 13.3. The van der Waals surface area contributed by atoms with Crippen molar-refractivity contribution in [3.8, 4) is 0 Å². The first kappa shape index (κ1) is 15.1. The first-order chi connectivity index (χ1) is 9.49. The van der Waals surface area contributed by atoms with Crippen LogP contribution in [0.5, 0.6) is 0 Å². The lowest BCUT2D eigenvalue weighted by Crippen LogP contribution is -2.10. The fraction of sp³-hybridized carbons (Fsp3) is 0.333. The molecule has 0 unspecified atom stereocenters. The molecular weight excluding hydrogens is 262 g/mol. The molecule has 0 aliphatic rings. The van der Waals surface area contributed by atoms with Gasteiger partial charge in [-0.1, -0.05) is 57.2 Å². The monoisotopic (exact) mass is 285 g/mol. The van der Waals surface area contributed by atoms with Crippen LogP contribution in [0.3, 0.4) is 0 Å². The summed E-state index contributed by atoms with van der Waals surface area (Å²) >= 11 is 1.87. The Morgan fingerprint density at radius 1 is 0.850 bits per heavy atom. The summed E-state index contributed by atoms with van der Waals surface area (Å²) in [5.41, 5.74) is 9.77. The van der Waals surface area contributed by atoms with E-state index in [4.69, 9.17) is 5.73 Å². The molecule has 0 bridgehead atoms. The van der Waals surface area contributed by atoms with E-state index < -0.39 is 0 Å². The van der Waals surface area contributed by atoms with E-state index in [-0.39, 0.29) is 5.41 Å². The maximum Gasteiger partial charge on any atom is 0.0231 e. The van der Waals surface area contributed by atoms with E-state index in [9.17, 15) is 0 Å². The van der Waals surface area contributed by atoms with E-state index in [0.29, 0.717) is 6.54 Å². The minimum absolute atomic E-state index is 0.226. The summed E-state index contributed by atoms with van der Waals surface area (Å²) in [6, 6.07) is 17.5. The molecule has 2 aromatic carbocycles. The van der Waals surface area contributed by atoms with Crippen LogP contribution in [0.2, 0.25) is 0 Å². The second-order valence-electron chi connectivity index (χ2n) is 6.08. The summed E-state index contributed by atoms with van der Waals surface area (Å²) in [7, 11) is 0. The Morgan fingerprint density at radius 2 is 1.40 bits per heavy atom. The van der Waals surface area contributed by atoms with Crippen LogP contribution in [0.15, 0.2) is 53.4 Å². The van der Waals surface area contributed by atoms with Crippen molar-refractivity contribution in [1.29, 1.82) is 0 Å². The minimum Gasteiger partial charge on any atom is -0.326 e. The topological polar surface area (TPSA) is 26.0 Å². The predicted octanol–water partition coefficient (Wildman–Crippen LogP) is 4.74. The van der Waals surface area contributed by atoms with Gasteiger partial charge in [-0.15, -0.1) is 11.8 Å². The highest BCUT2D eigenvalue weighted by Gasteiger charge is 2.12. The highest BCUT2D eigenvalue weighted by Crippen LogP contribution is 2.26. The van der Waals surface area contributed by atoms with Gasteiger partial charge in [0.25, 0.3) is 0 Å². The highest BCUT2D eigenvalue weighted by atomic mass is 32.2. The van der Waals surface area contributed by atoms with Crippen LogP contribution in [-0.2, 0) is 17.7 Å². The molecule has 0 fully saturated rings. The van der Waals surface area contributed by atoms with Gasteiger partial charge in [-0.25, -0.2) is 0 Å². The molecule has 0 aliphatic heterocycles. The van der Waals surface area contributed by atoms with E-state index in [2.05, 4.69) is 69.3 Å². The van der Waals surface area contributed by atoms with Crippen molar-refractivity contribution >= 4 is 11.8 Å². The van der Waals surface area contributed by atoms with Gasteiger partial charge in [0.05, 0.1) is 0 Å². The number of hydrogen-bond donors (Lipinski definition) is 1. The molecule has 0 saturated carbocycles. The molecule has 0 aliphatic carbocycles. The fourth-order valence-electron chi connectivity index (χ4n) is 1.99. The summed E-state index contributed by atoms with van der Waals surface area (Å²) in [6.45, 7) is 7.35. The van der Waals surface area contributed by atoms with E-state index in [1.165, 1.54) is 21.6 Å². The van der Waals surface area contributed by atoms with Crippen molar-refractivity contribution in [1.82, 2.24) is 0 Å². The first-order valence-electron chi connectivity index (χ1n) is 7.00. The van der Waals surface area contributed by atoms with Crippen LogP contribution in [0.1, 0.15) is 37.5 Å². The molecule has 2 rings (SSSR count). The molecule has 0 amide bonds. The lowest BCUT2D eigenvalue weighted by molar-refractivity contribution is 0.590. The average molecular weight is 285 g/mol. The van der Waals surface area contributed by atoms with Gasteiger partial charge >= 0.3 is 0 Å². The van der Waals surface area contributed by atoms with E-state index in [1.54, 1.807) is 0 Å². The predicted molar refractivity (Wildman–Crippen MR) is 89.0 cm³/mol. The molecule has 2 aromatic rings. The Labute approximate surface area is 126 Å². The van der Waals surface area contributed by atoms with Crippen LogP contribution in [0.4, 0.5) is 0 Å². The van der Waals surface area contributed by atoms with Gasteiger partial charge in [0.2, 0.25) is 0 Å². The lowest BCUT2D eigenvalue weighted by atomic mass is 9.87. The molecular formula is C18H23NS. The maximum atomic E-state index is 5.61. The van der Waals surface area contributed by atoms with Gasteiger partial charge in [-0.05, 0) is 34.2 Å². The number of hydrogen-bond acceptors (Lipinski definition) is 2. The van der Waals surface area contributed by atoms with Crippen molar-refractivity contribution in [3.05, 3.63) is 65.2 Å². The summed E-state index contributed by atoms with van der Waals surface area (Å²) in [5.74, 6) is 1.01. The van der Waals surface area contributed by atoms with Crippen LogP contribution >= 0.6 is 11.8 Å². The molecule has 0 aromatic heterocycles. The van der Waals surface area contributed by atoms with Crippen molar-refractivity contribution in [3.63, 3.8) is 0 Å². The van der Waals surface area contributed by atoms with E-state index >= 15 is 0 Å². The van der Waals surface area contributed by atoms with Gasteiger partial charge in [0.1, 0.15) is 0 Å². The Bertz CT molecular complexity index is 535. The maximum absolute atomic E-state index is 5.61. The molecule has 0 spiro atoms. The van der Waals surface area contributed by atoms with Gasteiger partial charge in [-0.2, -0.15) is 0 Å². The quantitative estimate of drug-likeness (QED) is 0.821. The van der Waals surface area contributed by atoms with Gasteiger partial charge in [0.15, 0.2) is 0 Å². The van der Waals surface area contributed by atoms with Crippen LogP contribution in [-0.4, -0.2) is 0 Å². The molecule has 2 N–H and O–H groups in total. The fourth-order valence-corrected chi connectivity index (χ4v) is 2.84. The summed E-state index contributed by atoms with van der Waals surface area (Å²) in [5, 5.41) is 0.